The van der Waals surface area contributed by atoms with E-state index in [2.05, 4.69) is 10.6 Å². The van der Waals surface area contributed by atoms with Crippen LogP contribution in [-0.2, 0) is 9.59 Å². The van der Waals surface area contributed by atoms with Gasteiger partial charge in [0.2, 0.25) is 11.8 Å². The van der Waals surface area contributed by atoms with E-state index >= 15 is 0 Å². The van der Waals surface area contributed by atoms with Crippen molar-refractivity contribution in [3.63, 3.8) is 0 Å². The molecule has 0 unspecified atom stereocenters. The highest BCUT2D eigenvalue weighted by Gasteiger charge is 2.59. The number of amides is 2. The largest absolute Gasteiger partial charge is 0.350 e. The number of carbonyl (C=O) groups is 2. The van der Waals surface area contributed by atoms with Crippen molar-refractivity contribution >= 4 is 11.8 Å². The van der Waals surface area contributed by atoms with E-state index < -0.39 is 0 Å². The molecule has 0 aliphatic heterocycles. The van der Waals surface area contributed by atoms with Gasteiger partial charge in [0.15, 0.2) is 0 Å². The second kappa shape index (κ2) is 6.82. The molecule has 11 fully saturated rings. The van der Waals surface area contributed by atoms with E-state index in [4.69, 9.17) is 0 Å². The number of rotatable bonds is 4. The van der Waals surface area contributed by atoms with E-state index in [1.807, 2.05) is 0 Å². The highest BCUT2D eigenvalue weighted by molar-refractivity contribution is 5.87. The first-order valence-corrected chi connectivity index (χ1v) is 15.0. The normalized spacial score (nSPS) is 56.0. The van der Waals surface area contributed by atoms with Gasteiger partial charge < -0.3 is 10.6 Å². The summed E-state index contributed by atoms with van der Waals surface area (Å²) in [6.07, 6.45) is 21.5. The highest BCUT2D eigenvalue weighted by Crippen LogP contribution is 2.61. The highest BCUT2D eigenvalue weighted by atomic mass is 16.2. The van der Waals surface area contributed by atoms with Crippen molar-refractivity contribution in [3.05, 3.63) is 0 Å². The molecule has 10 bridgehead atoms. The predicted octanol–water partition coefficient (Wildman–Crippen LogP) is 5.50. The second-order valence-electron chi connectivity index (χ2n) is 15.4. The molecule has 11 rings (SSSR count). The molecule has 0 heterocycles. The Morgan fingerprint density at radius 2 is 0.676 bits per heavy atom. The van der Waals surface area contributed by atoms with Gasteiger partial charge in [0.1, 0.15) is 0 Å². The average Bonchev–Trinajstić information content (AvgIpc) is 2.78. The molecule has 0 saturated heterocycles. The van der Waals surface area contributed by atoms with Crippen LogP contribution >= 0.6 is 0 Å². The van der Waals surface area contributed by atoms with E-state index in [9.17, 15) is 9.59 Å². The van der Waals surface area contributed by atoms with Crippen molar-refractivity contribution in [1.82, 2.24) is 10.6 Å². The molecular formula is C30H44N2O2. The van der Waals surface area contributed by atoms with Crippen LogP contribution in [0.25, 0.3) is 0 Å². The summed E-state index contributed by atoms with van der Waals surface area (Å²) in [5.41, 5.74) is -0.150. The molecule has 186 valence electrons. The molecule has 2 N–H and O–H groups in total. The van der Waals surface area contributed by atoms with Gasteiger partial charge in [-0.3, -0.25) is 9.59 Å². The lowest BCUT2D eigenvalue weighted by molar-refractivity contribution is -0.156. The molecule has 11 aliphatic carbocycles. The van der Waals surface area contributed by atoms with Gasteiger partial charge >= 0.3 is 0 Å². The zero-order valence-electron chi connectivity index (χ0n) is 21.0. The Labute approximate surface area is 205 Å². The fourth-order valence-electron chi connectivity index (χ4n) is 12.1. The van der Waals surface area contributed by atoms with Crippen molar-refractivity contribution in [2.24, 2.45) is 46.3 Å². The molecule has 2 amide bonds. The van der Waals surface area contributed by atoms with Crippen LogP contribution in [0, 0.1) is 46.3 Å². The van der Waals surface area contributed by atoms with Crippen LogP contribution in [0.2, 0.25) is 0 Å². The quantitative estimate of drug-likeness (QED) is 0.577. The van der Waals surface area contributed by atoms with Gasteiger partial charge in [-0.15, -0.1) is 0 Å². The minimum atomic E-state index is -0.188. The lowest BCUT2D eigenvalue weighted by atomic mass is 9.50. The van der Waals surface area contributed by atoms with Crippen molar-refractivity contribution in [3.8, 4) is 0 Å². The topological polar surface area (TPSA) is 58.2 Å². The number of nitrogens with one attached hydrogen (secondary N) is 2. The monoisotopic (exact) mass is 464 g/mol. The maximum absolute atomic E-state index is 13.8. The molecule has 34 heavy (non-hydrogen) atoms. The number of fused-ring (bicyclic) bond motifs is 3. The summed E-state index contributed by atoms with van der Waals surface area (Å²) >= 11 is 0. The molecule has 0 aromatic heterocycles. The van der Waals surface area contributed by atoms with Gasteiger partial charge in [0, 0.05) is 21.9 Å². The van der Waals surface area contributed by atoms with Crippen LogP contribution in [0.15, 0.2) is 0 Å². The van der Waals surface area contributed by atoms with Crippen molar-refractivity contribution < 1.29 is 9.59 Å². The van der Waals surface area contributed by atoms with Gasteiger partial charge in [0.25, 0.3) is 0 Å². The molecule has 0 aromatic carbocycles. The fraction of sp³-hybridized carbons (Fsp3) is 0.933. The van der Waals surface area contributed by atoms with Gasteiger partial charge in [-0.25, -0.2) is 0 Å². The van der Waals surface area contributed by atoms with E-state index in [1.165, 1.54) is 77.0 Å². The van der Waals surface area contributed by atoms with Crippen LogP contribution in [0.3, 0.4) is 0 Å². The van der Waals surface area contributed by atoms with Gasteiger partial charge in [-0.05, 0) is 151 Å². The number of hydrogen-bond donors (Lipinski definition) is 2. The first-order chi connectivity index (χ1) is 16.3. The Kier molecular flexibility index (Phi) is 4.23. The molecular weight excluding hydrogens is 420 g/mol. The molecule has 4 nitrogen and oxygen atoms in total. The standard InChI is InChI=1S/C30H44N2O2/c33-25(31-29-13-19-7-20(14-29)9-21(8-19)15-29)27-1-2-28(5-3-27,6-4-27)26(34)32-30-16-22-10-23(17-30)12-24(11-22)18-30/h19-24H,1-18H2,(H,31,33)(H,32,34). The van der Waals surface area contributed by atoms with Crippen molar-refractivity contribution in [1.29, 1.82) is 0 Å². The summed E-state index contributed by atoms with van der Waals surface area (Å²) < 4.78 is 0. The first kappa shape index (κ1) is 21.1. The zero-order valence-corrected chi connectivity index (χ0v) is 21.0. The molecule has 0 atom stereocenters. The summed E-state index contributed by atoms with van der Waals surface area (Å²) in [6.45, 7) is 0. The lowest BCUT2D eigenvalue weighted by Gasteiger charge is -2.59. The molecule has 0 radical (unpaired) electrons. The first-order valence-electron chi connectivity index (χ1n) is 15.0. The predicted molar refractivity (Wildman–Crippen MR) is 131 cm³/mol. The second-order valence-corrected chi connectivity index (χ2v) is 15.4. The van der Waals surface area contributed by atoms with Gasteiger partial charge in [-0.2, -0.15) is 0 Å². The zero-order chi connectivity index (χ0) is 22.8. The maximum atomic E-state index is 13.8. The number of hydrogen-bond acceptors (Lipinski definition) is 2. The molecule has 0 aromatic rings. The summed E-state index contributed by atoms with van der Waals surface area (Å²) in [5, 5.41) is 7.43. The van der Waals surface area contributed by atoms with Crippen LogP contribution in [0.4, 0.5) is 0 Å². The third-order valence-electron chi connectivity index (χ3n) is 13.0. The van der Waals surface area contributed by atoms with E-state index in [0.29, 0.717) is 11.8 Å². The summed E-state index contributed by atoms with van der Waals surface area (Å²) in [5.74, 6) is 5.91. The van der Waals surface area contributed by atoms with Gasteiger partial charge in [0.05, 0.1) is 0 Å². The summed E-state index contributed by atoms with van der Waals surface area (Å²) in [7, 11) is 0. The smallest absolute Gasteiger partial charge is 0.226 e. The Morgan fingerprint density at radius 1 is 0.441 bits per heavy atom. The van der Waals surface area contributed by atoms with Gasteiger partial charge in [-0.1, -0.05) is 0 Å². The average molecular weight is 465 g/mol. The van der Waals surface area contributed by atoms with E-state index in [1.54, 1.807) is 0 Å². The SMILES string of the molecule is O=C(NC12CC3CC(CC(C3)C1)C2)C12CCC(C(=O)NC34CC5CC(CC(C5)C3)C4)(CC1)CC2. The van der Waals surface area contributed by atoms with Crippen LogP contribution in [0.5, 0.6) is 0 Å². The maximum Gasteiger partial charge on any atom is 0.226 e. The van der Waals surface area contributed by atoms with Crippen LogP contribution < -0.4 is 10.6 Å². The van der Waals surface area contributed by atoms with Crippen LogP contribution in [-0.4, -0.2) is 22.9 Å². The third kappa shape index (κ3) is 3.01. The number of carbonyl (C=O) groups excluding carboxylic acids is 2. The van der Waals surface area contributed by atoms with Crippen molar-refractivity contribution in [2.45, 2.75) is 127 Å². The van der Waals surface area contributed by atoms with Crippen LogP contribution in [0.1, 0.15) is 116 Å². The molecule has 0 spiro atoms. The van der Waals surface area contributed by atoms with E-state index in [0.717, 1.165) is 74.0 Å². The Balaban J connectivity index is 0.948. The molecule has 11 saturated carbocycles. The lowest BCUT2D eigenvalue weighted by Crippen LogP contribution is -2.65. The minimum absolute atomic E-state index is 0.114. The molecule has 11 aliphatic rings. The van der Waals surface area contributed by atoms with Crippen molar-refractivity contribution in [2.75, 3.05) is 0 Å². The third-order valence-corrected chi connectivity index (χ3v) is 13.0. The molecule has 4 heteroatoms. The Morgan fingerprint density at radius 3 is 0.912 bits per heavy atom. The minimum Gasteiger partial charge on any atom is -0.350 e. The summed E-state index contributed by atoms with van der Waals surface area (Å²) in [6, 6.07) is 0. The van der Waals surface area contributed by atoms with E-state index in [-0.39, 0.29) is 21.9 Å². The fourth-order valence-corrected chi connectivity index (χ4v) is 12.1. The summed E-state index contributed by atoms with van der Waals surface area (Å²) in [4.78, 5) is 27.6. The Bertz CT molecular complexity index is 752. The Hall–Kier alpha value is -1.06.